The zero-order valence-corrected chi connectivity index (χ0v) is 11.1. The molecule has 0 aliphatic carbocycles. The first-order valence-corrected chi connectivity index (χ1v) is 6.07. The van der Waals surface area contributed by atoms with Crippen molar-refractivity contribution >= 4 is 29.0 Å². The summed E-state index contributed by atoms with van der Waals surface area (Å²) in [6.45, 7) is -0.0179. The van der Waals surface area contributed by atoms with Crippen molar-refractivity contribution in [2.45, 2.75) is 0 Å². The van der Waals surface area contributed by atoms with E-state index >= 15 is 0 Å². The number of carbonyl (C=O) groups excluding carboxylic acids is 1. The van der Waals surface area contributed by atoms with Crippen molar-refractivity contribution in [3.63, 3.8) is 0 Å². The van der Waals surface area contributed by atoms with Crippen LogP contribution < -0.4 is 10.6 Å². The van der Waals surface area contributed by atoms with Gasteiger partial charge < -0.3 is 10.6 Å². The molecule has 20 heavy (non-hydrogen) atoms. The standard InChI is InChI=1S/C13H10ClN5O/c14-9-1-3-10(4-2-9)19-12(20)8-18-13-11(7-15)16-5-6-17-13/h1-6H,8H2,(H,17,18)(H,19,20). The first-order valence-electron chi connectivity index (χ1n) is 5.69. The van der Waals surface area contributed by atoms with Gasteiger partial charge in [-0.25, -0.2) is 9.97 Å². The monoisotopic (exact) mass is 287 g/mol. The summed E-state index contributed by atoms with van der Waals surface area (Å²) < 4.78 is 0. The molecule has 1 aromatic heterocycles. The molecule has 0 fully saturated rings. The lowest BCUT2D eigenvalue weighted by Gasteiger charge is -2.07. The number of hydrogen-bond acceptors (Lipinski definition) is 5. The Morgan fingerprint density at radius 2 is 1.95 bits per heavy atom. The van der Waals surface area contributed by atoms with Crippen LogP contribution in [0, 0.1) is 11.3 Å². The Hall–Kier alpha value is -2.65. The number of hydrogen-bond donors (Lipinski definition) is 2. The number of amides is 1. The highest BCUT2D eigenvalue weighted by Gasteiger charge is 2.06. The Balaban J connectivity index is 1.92. The van der Waals surface area contributed by atoms with Crippen molar-refractivity contribution in [2.75, 3.05) is 17.2 Å². The van der Waals surface area contributed by atoms with Crippen molar-refractivity contribution in [3.05, 3.63) is 47.4 Å². The maximum Gasteiger partial charge on any atom is 0.243 e. The van der Waals surface area contributed by atoms with Gasteiger partial charge in [-0.15, -0.1) is 0 Å². The van der Waals surface area contributed by atoms with Gasteiger partial charge in [0.2, 0.25) is 5.91 Å². The number of aromatic nitrogens is 2. The summed E-state index contributed by atoms with van der Waals surface area (Å²) in [4.78, 5) is 19.5. The molecule has 0 aliphatic rings. The second-order valence-electron chi connectivity index (χ2n) is 3.77. The van der Waals surface area contributed by atoms with Gasteiger partial charge in [0.1, 0.15) is 6.07 Å². The number of nitriles is 1. The van der Waals surface area contributed by atoms with E-state index in [2.05, 4.69) is 20.6 Å². The van der Waals surface area contributed by atoms with Crippen LogP contribution in [0.4, 0.5) is 11.5 Å². The Morgan fingerprint density at radius 1 is 1.25 bits per heavy atom. The Labute approximate surface area is 120 Å². The molecule has 0 spiro atoms. The van der Waals surface area contributed by atoms with E-state index in [1.54, 1.807) is 24.3 Å². The second-order valence-corrected chi connectivity index (χ2v) is 4.21. The number of halogens is 1. The van der Waals surface area contributed by atoms with Crippen molar-refractivity contribution in [2.24, 2.45) is 0 Å². The molecule has 0 atom stereocenters. The number of carbonyl (C=O) groups is 1. The van der Waals surface area contributed by atoms with Crippen molar-refractivity contribution in [1.29, 1.82) is 5.26 Å². The topological polar surface area (TPSA) is 90.7 Å². The van der Waals surface area contributed by atoms with Crippen LogP contribution in [0.3, 0.4) is 0 Å². The molecule has 0 saturated carbocycles. The maximum atomic E-state index is 11.7. The molecular weight excluding hydrogens is 278 g/mol. The minimum Gasteiger partial charge on any atom is -0.359 e. The van der Waals surface area contributed by atoms with Gasteiger partial charge >= 0.3 is 0 Å². The van der Waals surface area contributed by atoms with Crippen LogP contribution in [0.1, 0.15) is 5.69 Å². The van der Waals surface area contributed by atoms with Gasteiger partial charge in [-0.3, -0.25) is 4.79 Å². The maximum absolute atomic E-state index is 11.7. The smallest absolute Gasteiger partial charge is 0.243 e. The highest BCUT2D eigenvalue weighted by Crippen LogP contribution is 2.13. The lowest BCUT2D eigenvalue weighted by molar-refractivity contribution is -0.114. The molecule has 7 heteroatoms. The van der Waals surface area contributed by atoms with E-state index in [-0.39, 0.29) is 24.0 Å². The number of rotatable bonds is 4. The summed E-state index contributed by atoms with van der Waals surface area (Å²) >= 11 is 5.75. The van der Waals surface area contributed by atoms with Crippen LogP contribution in [-0.4, -0.2) is 22.4 Å². The number of benzene rings is 1. The van der Waals surface area contributed by atoms with Gasteiger partial charge in [-0.1, -0.05) is 11.6 Å². The van der Waals surface area contributed by atoms with E-state index in [1.165, 1.54) is 12.4 Å². The molecule has 0 radical (unpaired) electrons. The molecule has 1 amide bonds. The molecular formula is C13H10ClN5O. The van der Waals surface area contributed by atoms with Crippen LogP contribution in [0.15, 0.2) is 36.7 Å². The molecule has 1 heterocycles. The van der Waals surface area contributed by atoms with Crippen molar-refractivity contribution in [1.82, 2.24) is 9.97 Å². The van der Waals surface area contributed by atoms with E-state index in [4.69, 9.17) is 16.9 Å². The van der Waals surface area contributed by atoms with Crippen LogP contribution >= 0.6 is 11.6 Å². The molecule has 0 unspecified atom stereocenters. The van der Waals surface area contributed by atoms with Crippen LogP contribution in [0.5, 0.6) is 0 Å². The Kier molecular flexibility index (Phi) is 4.47. The summed E-state index contributed by atoms with van der Waals surface area (Å²) in [5, 5.41) is 14.9. The SMILES string of the molecule is N#Cc1nccnc1NCC(=O)Nc1ccc(Cl)cc1. The first-order chi connectivity index (χ1) is 9.69. The summed E-state index contributed by atoms with van der Waals surface area (Å²) in [6.07, 6.45) is 2.86. The van der Waals surface area contributed by atoms with E-state index < -0.39 is 0 Å². The highest BCUT2D eigenvalue weighted by molar-refractivity contribution is 6.30. The summed E-state index contributed by atoms with van der Waals surface area (Å²) in [7, 11) is 0. The van der Waals surface area contributed by atoms with Crippen molar-refractivity contribution < 1.29 is 4.79 Å². The van der Waals surface area contributed by atoms with Gasteiger partial charge in [0.25, 0.3) is 0 Å². The van der Waals surface area contributed by atoms with Gasteiger partial charge in [0.15, 0.2) is 11.5 Å². The molecule has 2 rings (SSSR count). The highest BCUT2D eigenvalue weighted by atomic mass is 35.5. The van der Waals surface area contributed by atoms with Gasteiger partial charge in [0.05, 0.1) is 6.54 Å². The third-order valence-electron chi connectivity index (χ3n) is 2.35. The predicted molar refractivity (Wildman–Crippen MR) is 75.3 cm³/mol. The summed E-state index contributed by atoms with van der Waals surface area (Å²) in [6, 6.07) is 8.65. The van der Waals surface area contributed by atoms with E-state index in [0.717, 1.165) is 0 Å². The quantitative estimate of drug-likeness (QED) is 0.898. The molecule has 1 aromatic carbocycles. The average molecular weight is 288 g/mol. The van der Waals surface area contributed by atoms with Gasteiger partial charge in [-0.05, 0) is 24.3 Å². The number of anilines is 2. The zero-order chi connectivity index (χ0) is 14.4. The van der Waals surface area contributed by atoms with Gasteiger partial charge in [0, 0.05) is 23.1 Å². The van der Waals surface area contributed by atoms with Crippen molar-refractivity contribution in [3.8, 4) is 6.07 Å². The Morgan fingerprint density at radius 3 is 2.65 bits per heavy atom. The minimum absolute atomic E-state index is 0.0179. The van der Waals surface area contributed by atoms with Gasteiger partial charge in [-0.2, -0.15) is 5.26 Å². The first kappa shape index (κ1) is 13.8. The normalized spacial score (nSPS) is 9.60. The largest absolute Gasteiger partial charge is 0.359 e. The second kappa shape index (κ2) is 6.50. The van der Waals surface area contributed by atoms with Crippen LogP contribution in [-0.2, 0) is 4.79 Å². The zero-order valence-electron chi connectivity index (χ0n) is 10.3. The van der Waals surface area contributed by atoms with Crippen LogP contribution in [0.2, 0.25) is 5.02 Å². The summed E-state index contributed by atoms with van der Waals surface area (Å²) in [5.74, 6) is 0.0168. The molecule has 100 valence electrons. The molecule has 2 aromatic rings. The lowest BCUT2D eigenvalue weighted by atomic mass is 10.3. The van der Waals surface area contributed by atoms with E-state index in [1.807, 2.05) is 6.07 Å². The molecule has 6 nitrogen and oxygen atoms in total. The van der Waals surface area contributed by atoms with E-state index in [9.17, 15) is 4.79 Å². The predicted octanol–water partition coefficient (Wildman–Crippen LogP) is 2.05. The van der Waals surface area contributed by atoms with Crippen LogP contribution in [0.25, 0.3) is 0 Å². The number of nitrogens with one attached hydrogen (secondary N) is 2. The fraction of sp³-hybridized carbons (Fsp3) is 0.0769. The molecule has 0 bridgehead atoms. The lowest BCUT2D eigenvalue weighted by Crippen LogP contribution is -2.22. The summed E-state index contributed by atoms with van der Waals surface area (Å²) in [5.41, 5.74) is 0.785. The average Bonchev–Trinajstić information content (AvgIpc) is 2.48. The molecule has 0 saturated heterocycles. The fourth-order valence-electron chi connectivity index (χ4n) is 1.45. The Bertz CT molecular complexity index is 651. The number of nitrogens with zero attached hydrogens (tertiary/aromatic N) is 3. The minimum atomic E-state index is -0.262. The fourth-order valence-corrected chi connectivity index (χ4v) is 1.58. The third kappa shape index (κ3) is 3.67. The molecule has 2 N–H and O–H groups in total. The van der Waals surface area contributed by atoms with E-state index in [0.29, 0.717) is 10.7 Å². The third-order valence-corrected chi connectivity index (χ3v) is 2.60. The molecule has 0 aliphatic heterocycles.